The fourth-order valence-corrected chi connectivity index (χ4v) is 3.17. The molecule has 8 heteroatoms. The van der Waals surface area contributed by atoms with Crippen LogP contribution >= 0.6 is 12.4 Å². The highest BCUT2D eigenvalue weighted by Crippen LogP contribution is 2.21. The third-order valence-electron chi connectivity index (χ3n) is 4.15. The van der Waals surface area contributed by atoms with Crippen LogP contribution in [0.2, 0.25) is 0 Å². The van der Waals surface area contributed by atoms with Crippen LogP contribution in [0.4, 0.5) is 0 Å². The van der Waals surface area contributed by atoms with Gasteiger partial charge in [-0.3, -0.25) is 9.59 Å². The molecule has 0 radical (unpaired) electrons. The van der Waals surface area contributed by atoms with Crippen LogP contribution in [0.1, 0.15) is 19.8 Å². The molecule has 3 aliphatic heterocycles. The van der Waals surface area contributed by atoms with E-state index in [4.69, 9.17) is 5.73 Å². The maximum atomic E-state index is 12.4. The van der Waals surface area contributed by atoms with E-state index in [0.717, 1.165) is 19.5 Å². The Kier molecular flexibility index (Phi) is 4.53. The zero-order valence-corrected chi connectivity index (χ0v) is 12.4. The largest absolute Gasteiger partial charge is 0.351 e. The number of fused-ring (bicyclic) bond motifs is 1. The Hall–Kier alpha value is -0.890. The molecule has 4 N–H and O–H groups in total. The molecule has 4 atom stereocenters. The predicted octanol–water partition coefficient (Wildman–Crippen LogP) is -1.57. The molecule has 0 bridgehead atoms. The minimum absolute atomic E-state index is 0. The summed E-state index contributed by atoms with van der Waals surface area (Å²) in [5.74, 6) is 0.0856. The van der Waals surface area contributed by atoms with Gasteiger partial charge in [-0.05, 0) is 19.8 Å². The molecular weight excluding hydrogens is 282 g/mol. The first-order chi connectivity index (χ1) is 9.04. The summed E-state index contributed by atoms with van der Waals surface area (Å²) in [5.41, 5.74) is 9.02. The van der Waals surface area contributed by atoms with E-state index in [1.165, 1.54) is 0 Å². The van der Waals surface area contributed by atoms with Crippen molar-refractivity contribution in [3.8, 4) is 0 Å². The van der Waals surface area contributed by atoms with Gasteiger partial charge >= 0.3 is 0 Å². The molecule has 3 aliphatic rings. The normalized spacial score (nSPS) is 37.3. The van der Waals surface area contributed by atoms with Crippen molar-refractivity contribution < 1.29 is 9.59 Å². The van der Waals surface area contributed by atoms with E-state index in [1.54, 1.807) is 0 Å². The number of piperazine rings is 1. The Morgan fingerprint density at radius 3 is 2.80 bits per heavy atom. The Labute approximate surface area is 124 Å². The highest BCUT2D eigenvalue weighted by molar-refractivity contribution is 5.87. The molecule has 0 aromatic carbocycles. The van der Waals surface area contributed by atoms with Crippen molar-refractivity contribution in [3.63, 3.8) is 0 Å². The maximum absolute atomic E-state index is 12.4. The standard InChI is InChI=1S/C12H21N5O2.ClH/c1-7-5-17-10(11(18)14-7)4-9(15-17)12(19)16-3-2-8(13)6-16;/h7-10,15H,2-6,13H2,1H3,(H,14,18);1H. The zero-order valence-electron chi connectivity index (χ0n) is 11.5. The van der Waals surface area contributed by atoms with Crippen LogP contribution in [-0.2, 0) is 9.59 Å². The minimum Gasteiger partial charge on any atom is -0.351 e. The smallest absolute Gasteiger partial charge is 0.241 e. The van der Waals surface area contributed by atoms with E-state index in [2.05, 4.69) is 10.7 Å². The number of amides is 2. The van der Waals surface area contributed by atoms with Crippen LogP contribution in [0.25, 0.3) is 0 Å². The van der Waals surface area contributed by atoms with Crippen molar-refractivity contribution in [3.05, 3.63) is 0 Å². The lowest BCUT2D eigenvalue weighted by atomic mass is 10.1. The van der Waals surface area contributed by atoms with Crippen molar-refractivity contribution in [1.29, 1.82) is 0 Å². The first-order valence-corrected chi connectivity index (χ1v) is 6.92. The summed E-state index contributed by atoms with van der Waals surface area (Å²) < 4.78 is 0. The zero-order chi connectivity index (χ0) is 13.6. The SMILES string of the molecule is CC1CN2NC(C(=O)N3CCC(N)C3)CC2C(=O)N1.Cl. The molecular formula is C12H22ClN5O2. The van der Waals surface area contributed by atoms with Crippen molar-refractivity contribution in [1.82, 2.24) is 20.7 Å². The molecule has 0 spiro atoms. The first-order valence-electron chi connectivity index (χ1n) is 6.92. The Morgan fingerprint density at radius 2 is 2.15 bits per heavy atom. The van der Waals surface area contributed by atoms with Gasteiger partial charge in [0.2, 0.25) is 11.8 Å². The van der Waals surface area contributed by atoms with Crippen LogP contribution in [0.3, 0.4) is 0 Å². The topological polar surface area (TPSA) is 90.7 Å². The van der Waals surface area contributed by atoms with Crippen molar-refractivity contribution in [2.75, 3.05) is 19.6 Å². The number of rotatable bonds is 1. The quantitative estimate of drug-likeness (QED) is 0.545. The summed E-state index contributed by atoms with van der Waals surface area (Å²) in [6.07, 6.45) is 1.41. The molecule has 114 valence electrons. The lowest BCUT2D eigenvalue weighted by molar-refractivity contribution is -0.133. The predicted molar refractivity (Wildman–Crippen MR) is 76.1 cm³/mol. The maximum Gasteiger partial charge on any atom is 0.241 e. The molecule has 0 aromatic rings. The second-order valence-corrected chi connectivity index (χ2v) is 5.83. The van der Waals surface area contributed by atoms with E-state index in [-0.39, 0.29) is 48.4 Å². The molecule has 3 rings (SSSR count). The second-order valence-electron chi connectivity index (χ2n) is 5.83. The van der Waals surface area contributed by atoms with Gasteiger partial charge in [0.05, 0.1) is 0 Å². The Balaban J connectivity index is 0.00000147. The number of nitrogens with one attached hydrogen (secondary N) is 2. The summed E-state index contributed by atoms with van der Waals surface area (Å²) in [4.78, 5) is 26.1. The molecule has 3 heterocycles. The summed E-state index contributed by atoms with van der Waals surface area (Å²) in [5, 5.41) is 4.83. The van der Waals surface area contributed by atoms with Crippen molar-refractivity contribution in [2.45, 2.75) is 43.9 Å². The Bertz CT molecular complexity index is 407. The molecule has 7 nitrogen and oxygen atoms in total. The van der Waals surface area contributed by atoms with E-state index < -0.39 is 0 Å². The van der Waals surface area contributed by atoms with Gasteiger partial charge in [-0.2, -0.15) is 0 Å². The summed E-state index contributed by atoms with van der Waals surface area (Å²) in [6, 6.07) is -0.297. The highest BCUT2D eigenvalue weighted by atomic mass is 35.5. The number of nitrogens with two attached hydrogens (primary N) is 1. The molecule has 2 amide bonds. The number of hydrogen-bond donors (Lipinski definition) is 3. The highest BCUT2D eigenvalue weighted by Gasteiger charge is 2.44. The van der Waals surface area contributed by atoms with Crippen molar-refractivity contribution >= 4 is 24.2 Å². The average molecular weight is 304 g/mol. The van der Waals surface area contributed by atoms with Gasteiger partial charge in [0, 0.05) is 31.7 Å². The lowest BCUT2D eigenvalue weighted by Crippen LogP contribution is -2.59. The Morgan fingerprint density at radius 1 is 1.40 bits per heavy atom. The van der Waals surface area contributed by atoms with Gasteiger partial charge in [0.1, 0.15) is 12.1 Å². The van der Waals surface area contributed by atoms with E-state index in [1.807, 2.05) is 16.8 Å². The molecule has 0 saturated carbocycles. The molecule has 3 saturated heterocycles. The van der Waals surface area contributed by atoms with Crippen LogP contribution in [0.5, 0.6) is 0 Å². The number of halogens is 1. The van der Waals surface area contributed by atoms with E-state index >= 15 is 0 Å². The first kappa shape index (κ1) is 15.5. The molecule has 3 fully saturated rings. The summed E-state index contributed by atoms with van der Waals surface area (Å²) >= 11 is 0. The number of hydrogen-bond acceptors (Lipinski definition) is 5. The minimum atomic E-state index is -0.286. The van der Waals surface area contributed by atoms with Crippen molar-refractivity contribution in [2.24, 2.45) is 5.73 Å². The number of nitrogens with zero attached hydrogens (tertiary/aromatic N) is 2. The van der Waals surface area contributed by atoms with E-state index in [9.17, 15) is 9.59 Å². The number of carbonyl (C=O) groups excluding carboxylic acids is 2. The van der Waals surface area contributed by atoms with Crippen LogP contribution < -0.4 is 16.5 Å². The molecule has 0 aromatic heterocycles. The number of hydrazine groups is 1. The lowest BCUT2D eigenvalue weighted by Gasteiger charge is -2.32. The fraction of sp³-hybridized carbons (Fsp3) is 0.833. The average Bonchev–Trinajstić information content (AvgIpc) is 2.94. The van der Waals surface area contributed by atoms with Crippen LogP contribution in [0.15, 0.2) is 0 Å². The van der Waals surface area contributed by atoms with Gasteiger partial charge < -0.3 is 16.0 Å². The van der Waals surface area contributed by atoms with Gasteiger partial charge in [0.25, 0.3) is 0 Å². The third kappa shape index (κ3) is 2.76. The fourth-order valence-electron chi connectivity index (χ4n) is 3.17. The van der Waals surface area contributed by atoms with Gasteiger partial charge in [-0.15, -0.1) is 12.4 Å². The third-order valence-corrected chi connectivity index (χ3v) is 4.15. The van der Waals surface area contributed by atoms with Gasteiger partial charge in [-0.25, -0.2) is 10.4 Å². The van der Waals surface area contributed by atoms with Crippen LogP contribution in [-0.4, -0.2) is 65.5 Å². The van der Waals surface area contributed by atoms with E-state index in [0.29, 0.717) is 13.0 Å². The number of likely N-dealkylation sites (tertiary alicyclic amines) is 1. The summed E-state index contributed by atoms with van der Waals surface area (Å²) in [7, 11) is 0. The monoisotopic (exact) mass is 303 g/mol. The number of carbonyl (C=O) groups is 2. The van der Waals surface area contributed by atoms with Crippen LogP contribution in [0, 0.1) is 0 Å². The second kappa shape index (κ2) is 5.85. The summed E-state index contributed by atoms with van der Waals surface area (Å²) in [6.45, 7) is 4.06. The van der Waals surface area contributed by atoms with Gasteiger partial charge in [-0.1, -0.05) is 0 Å². The molecule has 4 unspecified atom stereocenters. The molecule has 0 aliphatic carbocycles. The molecule has 20 heavy (non-hydrogen) atoms. The van der Waals surface area contributed by atoms with Gasteiger partial charge in [0.15, 0.2) is 0 Å².